The third-order valence-electron chi connectivity index (χ3n) is 1.91. The minimum absolute atomic E-state index is 0.367. The summed E-state index contributed by atoms with van der Waals surface area (Å²) in [4.78, 5) is 4.00. The van der Waals surface area contributed by atoms with E-state index in [2.05, 4.69) is 36.1 Å². The molecule has 0 aliphatic heterocycles. The third-order valence-corrected chi connectivity index (χ3v) is 1.91. The Kier molecular flexibility index (Phi) is 3.77. The smallest absolute Gasteiger partial charge is 0.0860 e. The largest absolute Gasteiger partial charge is 0.252 e. The van der Waals surface area contributed by atoms with Crippen molar-refractivity contribution in [3.8, 4) is 0 Å². The van der Waals surface area contributed by atoms with Gasteiger partial charge in [-0.05, 0) is 24.0 Å². The topological polar surface area (TPSA) is 29.5 Å². The highest BCUT2D eigenvalue weighted by molar-refractivity contribution is 5.22. The second kappa shape index (κ2) is 4.91. The summed E-state index contributed by atoms with van der Waals surface area (Å²) in [6.45, 7) is 2.50. The number of hydrogen-bond donors (Lipinski definition) is 1. The summed E-state index contributed by atoms with van der Waals surface area (Å²) in [5.41, 5.74) is 2.53. The predicted molar refractivity (Wildman–Crippen MR) is 48.1 cm³/mol. The molecule has 66 valence electrons. The van der Waals surface area contributed by atoms with Gasteiger partial charge in [0.25, 0.3) is 0 Å². The molecule has 1 aromatic carbocycles. The summed E-state index contributed by atoms with van der Waals surface area (Å²) in [5.74, 6) is 0. The molecule has 0 heterocycles. The fourth-order valence-electron chi connectivity index (χ4n) is 1.11. The van der Waals surface area contributed by atoms with Crippen molar-refractivity contribution in [1.29, 1.82) is 0 Å². The first-order chi connectivity index (χ1) is 5.86. The van der Waals surface area contributed by atoms with Crippen LogP contribution in [0, 0.1) is 0 Å². The Bertz CT molecular complexity index is 216. The van der Waals surface area contributed by atoms with Crippen molar-refractivity contribution in [2.45, 2.75) is 19.8 Å². The van der Waals surface area contributed by atoms with Crippen LogP contribution in [0.2, 0.25) is 0 Å². The van der Waals surface area contributed by atoms with E-state index >= 15 is 0 Å². The minimum Gasteiger partial charge on any atom is -0.252 e. The molecule has 0 fully saturated rings. The van der Waals surface area contributed by atoms with Crippen molar-refractivity contribution < 1.29 is 10.1 Å². The highest BCUT2D eigenvalue weighted by atomic mass is 17.1. The Hall–Kier alpha value is -0.860. The van der Waals surface area contributed by atoms with Crippen LogP contribution in [-0.4, -0.2) is 11.9 Å². The van der Waals surface area contributed by atoms with Crippen LogP contribution in [0.25, 0.3) is 0 Å². The first-order valence-electron chi connectivity index (χ1n) is 4.21. The van der Waals surface area contributed by atoms with Gasteiger partial charge in [-0.1, -0.05) is 31.2 Å². The molecule has 2 nitrogen and oxygen atoms in total. The van der Waals surface area contributed by atoms with Gasteiger partial charge in [0.1, 0.15) is 0 Å². The van der Waals surface area contributed by atoms with E-state index in [1.807, 2.05) is 0 Å². The van der Waals surface area contributed by atoms with Gasteiger partial charge in [-0.15, -0.1) is 0 Å². The quantitative estimate of drug-likeness (QED) is 0.549. The summed E-state index contributed by atoms with van der Waals surface area (Å²) in [7, 11) is 0. The normalized spacial score (nSPS) is 10.2. The molecule has 0 amide bonds. The lowest BCUT2D eigenvalue weighted by molar-refractivity contribution is -0.241. The zero-order valence-electron chi connectivity index (χ0n) is 7.29. The lowest BCUT2D eigenvalue weighted by Gasteiger charge is -2.00. The monoisotopic (exact) mass is 166 g/mol. The number of aryl methyl sites for hydroxylation is 1. The summed E-state index contributed by atoms with van der Waals surface area (Å²) < 4.78 is 0. The molecule has 0 saturated heterocycles. The fourth-order valence-corrected chi connectivity index (χ4v) is 1.11. The maximum atomic E-state index is 8.13. The van der Waals surface area contributed by atoms with Gasteiger partial charge < -0.3 is 0 Å². The maximum Gasteiger partial charge on any atom is 0.0860 e. The van der Waals surface area contributed by atoms with E-state index in [9.17, 15) is 0 Å². The van der Waals surface area contributed by atoms with Crippen LogP contribution in [0.1, 0.15) is 18.1 Å². The van der Waals surface area contributed by atoms with Gasteiger partial charge >= 0.3 is 0 Å². The zero-order chi connectivity index (χ0) is 8.81. The van der Waals surface area contributed by atoms with Crippen molar-refractivity contribution in [2.75, 3.05) is 6.61 Å². The maximum absolute atomic E-state index is 8.13. The molecule has 0 spiro atoms. The van der Waals surface area contributed by atoms with Gasteiger partial charge in [0.2, 0.25) is 0 Å². The van der Waals surface area contributed by atoms with Crippen LogP contribution in [0.15, 0.2) is 24.3 Å². The Labute approximate surface area is 72.7 Å². The first-order valence-corrected chi connectivity index (χ1v) is 4.21. The Morgan fingerprint density at radius 3 is 2.25 bits per heavy atom. The van der Waals surface area contributed by atoms with Crippen molar-refractivity contribution in [2.24, 2.45) is 0 Å². The average Bonchev–Trinajstić information content (AvgIpc) is 2.15. The third kappa shape index (κ3) is 2.64. The highest BCUT2D eigenvalue weighted by Crippen LogP contribution is 2.05. The molecule has 0 radical (unpaired) electrons. The van der Waals surface area contributed by atoms with Gasteiger partial charge in [0, 0.05) is 0 Å². The van der Waals surface area contributed by atoms with Gasteiger partial charge in [-0.3, -0.25) is 5.26 Å². The van der Waals surface area contributed by atoms with Crippen LogP contribution >= 0.6 is 0 Å². The molecule has 0 unspecified atom stereocenters. The van der Waals surface area contributed by atoms with E-state index in [1.165, 1.54) is 11.1 Å². The van der Waals surface area contributed by atoms with Crippen LogP contribution in [0.3, 0.4) is 0 Å². The van der Waals surface area contributed by atoms with Crippen molar-refractivity contribution in [1.82, 2.24) is 0 Å². The minimum atomic E-state index is 0.367. The Morgan fingerprint density at radius 2 is 1.75 bits per heavy atom. The SMILES string of the molecule is CCc1ccc(CCOO)cc1. The zero-order valence-corrected chi connectivity index (χ0v) is 7.29. The van der Waals surface area contributed by atoms with E-state index in [-0.39, 0.29) is 0 Å². The molecule has 0 bridgehead atoms. The molecule has 0 aliphatic carbocycles. The molecule has 0 atom stereocenters. The van der Waals surface area contributed by atoms with Gasteiger partial charge in [0.05, 0.1) is 6.61 Å². The van der Waals surface area contributed by atoms with Crippen LogP contribution < -0.4 is 0 Å². The fraction of sp³-hybridized carbons (Fsp3) is 0.400. The average molecular weight is 166 g/mol. The summed E-state index contributed by atoms with van der Waals surface area (Å²) >= 11 is 0. The summed E-state index contributed by atoms with van der Waals surface area (Å²) in [6.07, 6.45) is 1.83. The Morgan fingerprint density at radius 1 is 1.17 bits per heavy atom. The van der Waals surface area contributed by atoms with Crippen molar-refractivity contribution in [3.63, 3.8) is 0 Å². The molecule has 12 heavy (non-hydrogen) atoms. The van der Waals surface area contributed by atoms with Gasteiger partial charge in [-0.2, -0.15) is 0 Å². The molecule has 1 N–H and O–H groups in total. The van der Waals surface area contributed by atoms with E-state index in [0.29, 0.717) is 6.61 Å². The van der Waals surface area contributed by atoms with Crippen molar-refractivity contribution in [3.05, 3.63) is 35.4 Å². The first kappa shape index (κ1) is 9.23. The molecule has 0 saturated carbocycles. The second-order valence-corrected chi connectivity index (χ2v) is 2.75. The molecule has 0 aromatic heterocycles. The summed E-state index contributed by atoms with van der Waals surface area (Å²) in [5, 5.41) is 8.13. The molecular weight excluding hydrogens is 152 g/mol. The molecule has 2 heteroatoms. The lowest BCUT2D eigenvalue weighted by Crippen LogP contribution is -1.94. The molecular formula is C10H14O2. The predicted octanol–water partition coefficient (Wildman–Crippen LogP) is 2.28. The number of hydrogen-bond acceptors (Lipinski definition) is 2. The van der Waals surface area contributed by atoms with Crippen LogP contribution in [0.5, 0.6) is 0 Å². The van der Waals surface area contributed by atoms with Gasteiger partial charge in [0.15, 0.2) is 0 Å². The van der Waals surface area contributed by atoms with Crippen LogP contribution in [-0.2, 0) is 17.7 Å². The molecule has 1 rings (SSSR count). The standard InChI is InChI=1S/C10H14O2/c1-2-9-3-5-10(6-4-9)7-8-12-11/h3-6,11H,2,7-8H2,1H3. The van der Waals surface area contributed by atoms with E-state index in [0.717, 1.165) is 12.8 Å². The highest BCUT2D eigenvalue weighted by Gasteiger charge is 1.92. The van der Waals surface area contributed by atoms with E-state index < -0.39 is 0 Å². The lowest BCUT2D eigenvalue weighted by atomic mass is 10.1. The molecule has 1 aromatic rings. The summed E-state index contributed by atoms with van der Waals surface area (Å²) in [6, 6.07) is 8.34. The van der Waals surface area contributed by atoms with Crippen LogP contribution in [0.4, 0.5) is 0 Å². The number of rotatable bonds is 4. The number of benzene rings is 1. The van der Waals surface area contributed by atoms with E-state index in [4.69, 9.17) is 5.26 Å². The van der Waals surface area contributed by atoms with Gasteiger partial charge in [-0.25, -0.2) is 4.89 Å². The van der Waals surface area contributed by atoms with E-state index in [1.54, 1.807) is 0 Å². The van der Waals surface area contributed by atoms with Crippen molar-refractivity contribution >= 4 is 0 Å². The second-order valence-electron chi connectivity index (χ2n) is 2.75. The molecule has 0 aliphatic rings. The Balaban J connectivity index is 2.53.